The van der Waals surface area contributed by atoms with Crippen molar-refractivity contribution >= 4 is 16.9 Å². The number of rotatable bonds is 4. The summed E-state index contributed by atoms with van der Waals surface area (Å²) < 4.78 is 7.87. The molecular formula is C21H20N6O. The van der Waals surface area contributed by atoms with Gasteiger partial charge in [-0.2, -0.15) is 5.10 Å². The van der Waals surface area contributed by atoms with Crippen LogP contribution in [0.3, 0.4) is 0 Å². The summed E-state index contributed by atoms with van der Waals surface area (Å²) in [6, 6.07) is 17.8. The van der Waals surface area contributed by atoms with Gasteiger partial charge in [-0.3, -0.25) is 0 Å². The van der Waals surface area contributed by atoms with Gasteiger partial charge in [0.25, 0.3) is 0 Å². The summed E-state index contributed by atoms with van der Waals surface area (Å²) in [5.74, 6) is 2.01. The van der Waals surface area contributed by atoms with Crippen molar-refractivity contribution in [3.63, 3.8) is 0 Å². The van der Waals surface area contributed by atoms with Crippen molar-refractivity contribution < 1.29 is 4.74 Å². The van der Waals surface area contributed by atoms with E-state index in [0.717, 1.165) is 53.3 Å². The molecule has 140 valence electrons. The smallest absolute Gasteiger partial charge is 0.164 e. The third kappa shape index (κ3) is 2.95. The van der Waals surface area contributed by atoms with E-state index in [4.69, 9.17) is 15.6 Å². The van der Waals surface area contributed by atoms with Crippen LogP contribution < -0.4 is 15.8 Å². The van der Waals surface area contributed by atoms with Crippen LogP contribution in [0.5, 0.6) is 11.5 Å². The monoisotopic (exact) mass is 372 g/mol. The Morgan fingerprint density at radius 1 is 1.00 bits per heavy atom. The Labute approximate surface area is 162 Å². The van der Waals surface area contributed by atoms with Gasteiger partial charge in [-0.25, -0.2) is 14.6 Å². The maximum atomic E-state index is 6.19. The number of para-hydroxylation sites is 1. The Balaban J connectivity index is 1.53. The topological polar surface area (TPSA) is 90.9 Å². The molecule has 0 aliphatic carbocycles. The predicted octanol–water partition coefficient (Wildman–Crippen LogP) is 3.40. The highest BCUT2D eigenvalue weighted by Crippen LogP contribution is 2.33. The number of nitrogens with two attached hydrogens (primary N) is 1. The van der Waals surface area contributed by atoms with E-state index in [-0.39, 0.29) is 6.04 Å². The van der Waals surface area contributed by atoms with Gasteiger partial charge in [0.05, 0.1) is 11.4 Å². The molecule has 0 amide bonds. The number of hydrogen-bond donors (Lipinski definition) is 2. The molecule has 7 heteroatoms. The zero-order valence-corrected chi connectivity index (χ0v) is 15.2. The zero-order valence-electron chi connectivity index (χ0n) is 15.2. The van der Waals surface area contributed by atoms with Gasteiger partial charge in [-0.15, -0.1) is 0 Å². The molecule has 1 aliphatic rings. The average molecular weight is 372 g/mol. The highest BCUT2D eigenvalue weighted by molar-refractivity contribution is 5.98. The number of anilines is 1. The van der Waals surface area contributed by atoms with Gasteiger partial charge < -0.3 is 15.8 Å². The van der Waals surface area contributed by atoms with Crippen molar-refractivity contribution in [2.24, 2.45) is 0 Å². The van der Waals surface area contributed by atoms with Crippen LogP contribution in [-0.2, 0) is 0 Å². The first-order valence-electron chi connectivity index (χ1n) is 9.32. The molecule has 2 aromatic carbocycles. The summed E-state index contributed by atoms with van der Waals surface area (Å²) in [6.45, 7) is 1.86. The predicted molar refractivity (Wildman–Crippen MR) is 108 cm³/mol. The van der Waals surface area contributed by atoms with Crippen molar-refractivity contribution in [2.75, 3.05) is 18.8 Å². The summed E-state index contributed by atoms with van der Waals surface area (Å²) in [5.41, 5.74) is 8.72. The molecule has 0 unspecified atom stereocenters. The normalized spacial score (nSPS) is 16.5. The first-order chi connectivity index (χ1) is 13.8. The van der Waals surface area contributed by atoms with Gasteiger partial charge in [0.2, 0.25) is 0 Å². The van der Waals surface area contributed by atoms with Crippen LogP contribution in [0.2, 0.25) is 0 Å². The van der Waals surface area contributed by atoms with Gasteiger partial charge in [0, 0.05) is 12.1 Å². The summed E-state index contributed by atoms with van der Waals surface area (Å²) in [4.78, 5) is 8.64. The van der Waals surface area contributed by atoms with E-state index in [1.54, 1.807) is 0 Å². The number of nitrogen functional groups attached to an aromatic ring is 1. The fraction of sp³-hybridized carbons (Fsp3) is 0.190. The van der Waals surface area contributed by atoms with Crippen LogP contribution >= 0.6 is 0 Å². The van der Waals surface area contributed by atoms with Gasteiger partial charge in [0.1, 0.15) is 29.3 Å². The second-order valence-electron chi connectivity index (χ2n) is 6.84. The first-order valence-corrected chi connectivity index (χ1v) is 9.32. The Kier molecular flexibility index (Phi) is 4.14. The molecule has 0 saturated carbocycles. The van der Waals surface area contributed by atoms with Crippen molar-refractivity contribution in [3.8, 4) is 22.8 Å². The summed E-state index contributed by atoms with van der Waals surface area (Å²) in [5, 5.41) is 9.04. The fourth-order valence-electron chi connectivity index (χ4n) is 3.61. The lowest BCUT2D eigenvalue weighted by atomic mass is 10.1. The first kappa shape index (κ1) is 16.7. The molecule has 28 heavy (non-hydrogen) atoms. The number of fused-ring (bicyclic) bond motifs is 1. The second-order valence-corrected chi connectivity index (χ2v) is 6.84. The minimum atomic E-state index is 0.270. The molecule has 5 rings (SSSR count). The summed E-state index contributed by atoms with van der Waals surface area (Å²) >= 11 is 0. The maximum absolute atomic E-state index is 6.19. The molecule has 3 N–H and O–H groups in total. The molecule has 4 aromatic rings. The Morgan fingerprint density at radius 2 is 1.79 bits per heavy atom. The molecule has 7 nitrogen and oxygen atoms in total. The minimum Gasteiger partial charge on any atom is -0.457 e. The van der Waals surface area contributed by atoms with E-state index >= 15 is 0 Å². The summed E-state index contributed by atoms with van der Waals surface area (Å²) in [6.07, 6.45) is 2.52. The highest BCUT2D eigenvalue weighted by atomic mass is 16.5. The zero-order chi connectivity index (χ0) is 18.9. The lowest BCUT2D eigenvalue weighted by Gasteiger charge is -2.09. The largest absolute Gasteiger partial charge is 0.457 e. The highest BCUT2D eigenvalue weighted by Gasteiger charge is 2.24. The lowest BCUT2D eigenvalue weighted by Crippen LogP contribution is -2.15. The quantitative estimate of drug-likeness (QED) is 0.570. The van der Waals surface area contributed by atoms with E-state index in [0.29, 0.717) is 5.82 Å². The van der Waals surface area contributed by atoms with Crippen molar-refractivity contribution in [3.05, 3.63) is 60.9 Å². The molecule has 3 heterocycles. The number of nitrogens with zero attached hydrogens (tertiary/aromatic N) is 4. The fourth-order valence-corrected chi connectivity index (χ4v) is 3.61. The molecule has 2 aromatic heterocycles. The van der Waals surface area contributed by atoms with Crippen molar-refractivity contribution in [1.29, 1.82) is 0 Å². The van der Waals surface area contributed by atoms with Gasteiger partial charge in [-0.05, 0) is 49.4 Å². The average Bonchev–Trinajstić information content (AvgIpc) is 3.38. The number of hydrogen-bond acceptors (Lipinski definition) is 6. The molecule has 1 saturated heterocycles. The molecular weight excluding hydrogens is 352 g/mol. The third-order valence-electron chi connectivity index (χ3n) is 5.00. The number of nitrogens with one attached hydrogen (secondary N) is 1. The van der Waals surface area contributed by atoms with E-state index in [9.17, 15) is 0 Å². The SMILES string of the molecule is Nc1ncnc2c1c(-c1ccc(Oc3ccccc3)cc1)nn2[C@@H]1CCNC1. The minimum absolute atomic E-state index is 0.270. The number of ether oxygens (including phenoxy) is 1. The molecule has 0 radical (unpaired) electrons. The molecule has 1 fully saturated rings. The molecule has 1 aliphatic heterocycles. The summed E-state index contributed by atoms with van der Waals surface area (Å²) in [7, 11) is 0. The standard InChI is InChI=1S/C21H20N6O/c22-20-18-19(26-27(15-10-11-23-12-15)21(18)25-13-24-20)14-6-8-17(9-7-14)28-16-4-2-1-3-5-16/h1-9,13,15,23H,10-12H2,(H2,22,24,25)/t15-/m1/s1. The van der Waals surface area contributed by atoms with E-state index < -0.39 is 0 Å². The van der Waals surface area contributed by atoms with E-state index in [1.165, 1.54) is 6.33 Å². The Bertz CT molecular complexity index is 1100. The second kappa shape index (κ2) is 6.94. The van der Waals surface area contributed by atoms with Crippen LogP contribution in [0.25, 0.3) is 22.3 Å². The van der Waals surface area contributed by atoms with Crippen LogP contribution in [0, 0.1) is 0 Å². The molecule has 0 bridgehead atoms. The van der Waals surface area contributed by atoms with Crippen LogP contribution in [0.4, 0.5) is 5.82 Å². The van der Waals surface area contributed by atoms with Gasteiger partial charge in [0.15, 0.2) is 5.65 Å². The Morgan fingerprint density at radius 3 is 2.54 bits per heavy atom. The molecule has 1 atom stereocenters. The Hall–Kier alpha value is -3.45. The van der Waals surface area contributed by atoms with E-state index in [2.05, 4.69) is 15.3 Å². The molecule has 0 spiro atoms. The van der Waals surface area contributed by atoms with Crippen LogP contribution in [-0.4, -0.2) is 32.8 Å². The van der Waals surface area contributed by atoms with Crippen LogP contribution in [0.1, 0.15) is 12.5 Å². The third-order valence-corrected chi connectivity index (χ3v) is 5.00. The van der Waals surface area contributed by atoms with Crippen molar-refractivity contribution in [2.45, 2.75) is 12.5 Å². The number of aromatic nitrogens is 4. The van der Waals surface area contributed by atoms with E-state index in [1.807, 2.05) is 59.3 Å². The van der Waals surface area contributed by atoms with Crippen LogP contribution in [0.15, 0.2) is 60.9 Å². The van der Waals surface area contributed by atoms with Gasteiger partial charge >= 0.3 is 0 Å². The number of benzene rings is 2. The lowest BCUT2D eigenvalue weighted by molar-refractivity contribution is 0.482. The maximum Gasteiger partial charge on any atom is 0.164 e. The van der Waals surface area contributed by atoms with Gasteiger partial charge in [-0.1, -0.05) is 18.2 Å². The van der Waals surface area contributed by atoms with Crippen molar-refractivity contribution in [1.82, 2.24) is 25.1 Å².